The summed E-state index contributed by atoms with van der Waals surface area (Å²) in [7, 11) is 0. The van der Waals surface area contributed by atoms with E-state index < -0.39 is 11.7 Å². The third kappa shape index (κ3) is 4.57. The van der Waals surface area contributed by atoms with Crippen LogP contribution in [0.2, 0.25) is 0 Å². The predicted octanol–water partition coefficient (Wildman–Crippen LogP) is 4.53. The molecule has 0 saturated carbocycles. The predicted molar refractivity (Wildman–Crippen MR) is 124 cm³/mol. The van der Waals surface area contributed by atoms with E-state index in [2.05, 4.69) is 16.7 Å². The molecule has 0 spiro atoms. The fourth-order valence-corrected chi connectivity index (χ4v) is 5.08. The van der Waals surface area contributed by atoms with Crippen LogP contribution in [0.15, 0.2) is 24.3 Å². The highest BCUT2D eigenvalue weighted by Crippen LogP contribution is 2.33. The van der Waals surface area contributed by atoms with Gasteiger partial charge in [0.15, 0.2) is 0 Å². The molecule has 0 unspecified atom stereocenters. The summed E-state index contributed by atoms with van der Waals surface area (Å²) in [5, 5.41) is 0. The maximum atomic E-state index is 13.2. The first kappa shape index (κ1) is 22.9. The number of rotatable bonds is 3. The Morgan fingerprint density at radius 3 is 2.26 bits per heavy atom. The third-order valence-corrected chi connectivity index (χ3v) is 7.25. The molecule has 0 N–H and O–H groups in total. The molecule has 3 aliphatic rings. The topological polar surface area (TPSA) is 52.6 Å². The standard InChI is InChI=1S/C25H30F3N5O/c1-17-8-13-31(14-9-17)22-20-16-33(23(34)18-4-6-19(7-5-18)25(26,27)28)15-10-21(20)29-24(30-22)32-11-2-3-12-32/h4-7,17H,2-3,8-16H2,1H3. The summed E-state index contributed by atoms with van der Waals surface area (Å²) in [6, 6.07) is 4.47. The molecule has 3 aliphatic heterocycles. The molecular weight excluding hydrogens is 443 g/mol. The average Bonchev–Trinajstić information content (AvgIpc) is 3.38. The monoisotopic (exact) mass is 473 g/mol. The minimum atomic E-state index is -4.42. The smallest absolute Gasteiger partial charge is 0.356 e. The summed E-state index contributed by atoms with van der Waals surface area (Å²) in [5.74, 6) is 2.13. The molecule has 0 atom stereocenters. The fraction of sp³-hybridized carbons (Fsp3) is 0.560. The van der Waals surface area contributed by atoms with Crippen molar-refractivity contribution in [2.24, 2.45) is 5.92 Å². The van der Waals surface area contributed by atoms with Crippen LogP contribution in [0.5, 0.6) is 0 Å². The van der Waals surface area contributed by atoms with Crippen LogP contribution in [-0.4, -0.2) is 53.5 Å². The van der Waals surface area contributed by atoms with Gasteiger partial charge >= 0.3 is 6.18 Å². The molecule has 1 amide bonds. The molecule has 1 aromatic carbocycles. The largest absolute Gasteiger partial charge is 0.416 e. The number of alkyl halides is 3. The van der Waals surface area contributed by atoms with E-state index in [1.165, 1.54) is 12.1 Å². The maximum Gasteiger partial charge on any atom is 0.416 e. The molecule has 1 aromatic heterocycles. The number of nitrogens with zero attached hydrogens (tertiary/aromatic N) is 5. The van der Waals surface area contributed by atoms with Crippen molar-refractivity contribution < 1.29 is 18.0 Å². The van der Waals surface area contributed by atoms with Gasteiger partial charge in [-0.3, -0.25) is 4.79 Å². The van der Waals surface area contributed by atoms with E-state index in [-0.39, 0.29) is 11.5 Å². The Bertz CT molecular complexity index is 1040. The number of aromatic nitrogens is 2. The Morgan fingerprint density at radius 1 is 0.941 bits per heavy atom. The zero-order valence-electron chi connectivity index (χ0n) is 19.4. The van der Waals surface area contributed by atoms with E-state index in [4.69, 9.17) is 9.97 Å². The zero-order chi connectivity index (χ0) is 23.9. The average molecular weight is 474 g/mol. The first-order chi connectivity index (χ1) is 16.3. The highest BCUT2D eigenvalue weighted by Gasteiger charge is 2.32. The van der Waals surface area contributed by atoms with Crippen LogP contribution in [0.4, 0.5) is 24.9 Å². The number of halogens is 3. The lowest BCUT2D eigenvalue weighted by Crippen LogP contribution is -2.40. The molecule has 34 heavy (non-hydrogen) atoms. The van der Waals surface area contributed by atoms with Crippen molar-refractivity contribution in [3.8, 4) is 0 Å². The molecule has 0 aliphatic carbocycles. The highest BCUT2D eigenvalue weighted by molar-refractivity contribution is 5.94. The van der Waals surface area contributed by atoms with E-state index in [0.717, 1.165) is 87.0 Å². The van der Waals surface area contributed by atoms with E-state index in [0.29, 0.717) is 25.4 Å². The second kappa shape index (κ2) is 9.07. The fourth-order valence-electron chi connectivity index (χ4n) is 5.08. The number of piperidine rings is 1. The SMILES string of the molecule is CC1CCN(c2nc(N3CCCC3)nc3c2CN(C(=O)c2ccc(C(F)(F)F)cc2)CC3)CC1. The number of carbonyl (C=O) groups excluding carboxylic acids is 1. The number of hydrogen-bond acceptors (Lipinski definition) is 5. The van der Waals surface area contributed by atoms with Gasteiger partial charge in [0.1, 0.15) is 5.82 Å². The Labute approximate surface area is 197 Å². The van der Waals surface area contributed by atoms with Gasteiger partial charge in [-0.1, -0.05) is 6.92 Å². The molecule has 4 heterocycles. The van der Waals surface area contributed by atoms with Crippen LogP contribution in [0.1, 0.15) is 59.8 Å². The van der Waals surface area contributed by atoms with E-state index in [9.17, 15) is 18.0 Å². The minimum Gasteiger partial charge on any atom is -0.356 e. The van der Waals surface area contributed by atoms with Gasteiger partial charge in [0, 0.05) is 50.3 Å². The van der Waals surface area contributed by atoms with Crippen molar-refractivity contribution in [2.75, 3.05) is 42.5 Å². The highest BCUT2D eigenvalue weighted by atomic mass is 19.4. The van der Waals surface area contributed by atoms with Crippen LogP contribution in [-0.2, 0) is 19.1 Å². The van der Waals surface area contributed by atoms with Crippen molar-refractivity contribution >= 4 is 17.7 Å². The number of anilines is 2. The molecule has 0 radical (unpaired) electrons. The van der Waals surface area contributed by atoms with E-state index >= 15 is 0 Å². The first-order valence-electron chi connectivity index (χ1n) is 12.2. The lowest BCUT2D eigenvalue weighted by molar-refractivity contribution is -0.137. The summed E-state index contributed by atoms with van der Waals surface area (Å²) in [4.78, 5) is 29.3. The quantitative estimate of drug-likeness (QED) is 0.656. The van der Waals surface area contributed by atoms with Gasteiger partial charge in [-0.05, 0) is 55.9 Å². The van der Waals surface area contributed by atoms with Gasteiger partial charge in [-0.25, -0.2) is 4.98 Å². The molecule has 6 nitrogen and oxygen atoms in total. The van der Waals surface area contributed by atoms with Crippen molar-refractivity contribution in [2.45, 2.75) is 51.7 Å². The van der Waals surface area contributed by atoms with Crippen LogP contribution < -0.4 is 9.80 Å². The van der Waals surface area contributed by atoms with Gasteiger partial charge in [-0.15, -0.1) is 0 Å². The second-order valence-corrected chi connectivity index (χ2v) is 9.69. The van der Waals surface area contributed by atoms with Crippen molar-refractivity contribution in [1.82, 2.24) is 14.9 Å². The van der Waals surface area contributed by atoms with Gasteiger partial charge in [0.2, 0.25) is 5.95 Å². The summed E-state index contributed by atoms with van der Waals surface area (Å²) < 4.78 is 38.7. The van der Waals surface area contributed by atoms with E-state index in [1.54, 1.807) is 4.90 Å². The van der Waals surface area contributed by atoms with Gasteiger partial charge in [0.05, 0.1) is 17.8 Å². The molecular formula is C25H30F3N5O. The van der Waals surface area contributed by atoms with Crippen LogP contribution in [0, 0.1) is 5.92 Å². The van der Waals surface area contributed by atoms with Crippen molar-refractivity contribution in [3.05, 3.63) is 46.6 Å². The Hall–Kier alpha value is -2.84. The molecule has 2 fully saturated rings. The molecule has 5 rings (SSSR count). The Kier molecular flexibility index (Phi) is 6.12. The number of carbonyl (C=O) groups is 1. The summed E-state index contributed by atoms with van der Waals surface area (Å²) >= 11 is 0. The number of hydrogen-bond donors (Lipinski definition) is 0. The van der Waals surface area contributed by atoms with Gasteiger partial charge in [-0.2, -0.15) is 18.2 Å². The van der Waals surface area contributed by atoms with Crippen LogP contribution in [0.3, 0.4) is 0 Å². The molecule has 2 aromatic rings. The summed E-state index contributed by atoms with van der Waals surface area (Å²) in [5.41, 5.74) is 1.47. The van der Waals surface area contributed by atoms with Crippen molar-refractivity contribution in [3.63, 3.8) is 0 Å². The number of benzene rings is 1. The summed E-state index contributed by atoms with van der Waals surface area (Å²) in [6.07, 6.45) is 0.691. The number of fused-ring (bicyclic) bond motifs is 1. The zero-order valence-corrected chi connectivity index (χ0v) is 19.4. The van der Waals surface area contributed by atoms with Crippen molar-refractivity contribution in [1.29, 1.82) is 0 Å². The summed E-state index contributed by atoms with van der Waals surface area (Å²) in [6.45, 7) is 6.92. The maximum absolute atomic E-state index is 13.2. The minimum absolute atomic E-state index is 0.263. The molecule has 2 saturated heterocycles. The molecule has 0 bridgehead atoms. The lowest BCUT2D eigenvalue weighted by Gasteiger charge is -2.36. The van der Waals surface area contributed by atoms with Crippen LogP contribution in [0.25, 0.3) is 0 Å². The van der Waals surface area contributed by atoms with Crippen LogP contribution >= 0.6 is 0 Å². The molecule has 182 valence electrons. The van der Waals surface area contributed by atoms with E-state index in [1.807, 2.05) is 0 Å². The molecule has 9 heteroatoms. The number of amides is 1. The second-order valence-electron chi connectivity index (χ2n) is 9.69. The van der Waals surface area contributed by atoms with Gasteiger partial charge in [0.25, 0.3) is 5.91 Å². The Morgan fingerprint density at radius 2 is 1.62 bits per heavy atom. The lowest BCUT2D eigenvalue weighted by atomic mass is 9.98. The normalized spacial score (nSPS) is 19.5. The van der Waals surface area contributed by atoms with Gasteiger partial charge < -0.3 is 14.7 Å². The Balaban J connectivity index is 1.42. The third-order valence-electron chi connectivity index (χ3n) is 7.25. The first-order valence-corrected chi connectivity index (χ1v) is 12.2.